The zero-order chi connectivity index (χ0) is 19.8. The zero-order valence-electron chi connectivity index (χ0n) is 14.7. The number of anilines is 1. The topological polar surface area (TPSA) is 116 Å². The highest BCUT2D eigenvalue weighted by Gasteiger charge is 2.60. The van der Waals surface area contributed by atoms with E-state index in [0.29, 0.717) is 5.00 Å². The first-order valence-corrected chi connectivity index (χ1v) is 10.2. The van der Waals surface area contributed by atoms with Crippen molar-refractivity contribution in [2.45, 2.75) is 30.8 Å². The molecular weight excluding hydrogens is 394 g/mol. The van der Waals surface area contributed by atoms with E-state index in [1.165, 1.54) is 39.8 Å². The number of hydrogen-bond acceptors (Lipinski definition) is 7. The summed E-state index contributed by atoms with van der Waals surface area (Å²) < 4.78 is 4.79. The fourth-order valence-electron chi connectivity index (χ4n) is 3.17. The van der Waals surface area contributed by atoms with Crippen LogP contribution < -0.4 is 10.2 Å². The number of nitrogens with zero attached hydrogens (tertiary/aromatic N) is 2. The quantitative estimate of drug-likeness (QED) is 0.691. The van der Waals surface area contributed by atoms with Crippen LogP contribution in [0.4, 0.5) is 9.80 Å². The summed E-state index contributed by atoms with van der Waals surface area (Å²) in [5.41, 5.74) is -1.63. The molecule has 3 heterocycles. The fraction of sp³-hybridized carbons (Fsp3) is 0.500. The molecule has 2 aliphatic heterocycles. The van der Waals surface area contributed by atoms with Crippen LogP contribution in [0.5, 0.6) is 0 Å². The van der Waals surface area contributed by atoms with E-state index in [1.807, 2.05) is 5.38 Å². The minimum atomic E-state index is -1.63. The van der Waals surface area contributed by atoms with E-state index in [0.717, 1.165) is 0 Å². The van der Waals surface area contributed by atoms with Crippen LogP contribution in [0, 0.1) is 0 Å². The highest BCUT2D eigenvalue weighted by Crippen LogP contribution is 2.42. The average Bonchev–Trinajstić information content (AvgIpc) is 3.13. The Morgan fingerprint density at radius 3 is 2.78 bits per heavy atom. The summed E-state index contributed by atoms with van der Waals surface area (Å²) in [4.78, 5) is 51.3. The molecule has 27 heavy (non-hydrogen) atoms. The van der Waals surface area contributed by atoms with Gasteiger partial charge in [0.05, 0.1) is 18.2 Å². The molecule has 9 nitrogen and oxygen atoms in total. The number of amides is 3. The highest BCUT2D eigenvalue weighted by atomic mass is 32.2. The number of carbonyl (C=O) groups is 4. The van der Waals surface area contributed by atoms with Gasteiger partial charge in [-0.05, 0) is 24.4 Å². The summed E-state index contributed by atoms with van der Waals surface area (Å²) in [5.74, 6) is -1.77. The van der Waals surface area contributed by atoms with Crippen molar-refractivity contribution in [3.8, 4) is 0 Å². The van der Waals surface area contributed by atoms with Crippen LogP contribution in [-0.2, 0) is 19.1 Å². The highest BCUT2D eigenvalue weighted by molar-refractivity contribution is 8.00. The number of ether oxygens (including phenoxy) is 1. The normalized spacial score (nSPS) is 26.6. The number of carbonyl (C=O) groups excluding carboxylic acids is 3. The number of carboxylic acids is 1. The Hall–Kier alpha value is -2.27. The van der Waals surface area contributed by atoms with Crippen molar-refractivity contribution >= 4 is 52.0 Å². The molecule has 3 atom stereocenters. The number of rotatable bonds is 5. The number of aliphatic carboxylic acids is 1. The Morgan fingerprint density at radius 1 is 1.48 bits per heavy atom. The van der Waals surface area contributed by atoms with Crippen molar-refractivity contribution in [1.29, 1.82) is 0 Å². The van der Waals surface area contributed by atoms with Crippen LogP contribution in [0.3, 0.4) is 0 Å². The molecule has 0 bridgehead atoms. The molecule has 2 saturated heterocycles. The number of nitrogens with one attached hydrogen (secondary N) is 1. The molecule has 1 aromatic heterocycles. The third kappa shape index (κ3) is 3.36. The number of hydrogen-bond donors (Lipinski definition) is 2. The zero-order valence-corrected chi connectivity index (χ0v) is 16.3. The molecule has 2 unspecified atom stereocenters. The Labute approximate surface area is 163 Å². The number of β-lactam (4-membered cyclic amide) rings is 1. The lowest BCUT2D eigenvalue weighted by Crippen LogP contribution is -2.78. The second-order valence-corrected chi connectivity index (χ2v) is 8.22. The van der Waals surface area contributed by atoms with Crippen molar-refractivity contribution in [3.63, 3.8) is 0 Å². The molecule has 146 valence electrons. The molecule has 0 aliphatic carbocycles. The summed E-state index contributed by atoms with van der Waals surface area (Å²) in [7, 11) is 0. The van der Waals surface area contributed by atoms with Gasteiger partial charge in [-0.15, -0.1) is 23.1 Å². The number of fused-ring (bicyclic) bond motifs is 1. The van der Waals surface area contributed by atoms with Crippen LogP contribution in [0.25, 0.3) is 0 Å². The van der Waals surface area contributed by atoms with E-state index >= 15 is 0 Å². The van der Waals surface area contributed by atoms with Gasteiger partial charge in [-0.1, -0.05) is 0 Å². The van der Waals surface area contributed by atoms with Crippen LogP contribution in [0.15, 0.2) is 17.5 Å². The fourth-order valence-corrected chi connectivity index (χ4v) is 5.50. The van der Waals surface area contributed by atoms with Crippen LogP contribution in [0.1, 0.15) is 13.8 Å². The first kappa shape index (κ1) is 19.5. The molecule has 0 aromatic carbocycles. The number of carboxylic acid groups (broad SMARTS) is 1. The molecule has 1 aromatic rings. The van der Waals surface area contributed by atoms with E-state index in [1.54, 1.807) is 19.1 Å². The van der Waals surface area contributed by atoms with Crippen molar-refractivity contribution < 1.29 is 29.0 Å². The van der Waals surface area contributed by atoms with Crippen LogP contribution in [0.2, 0.25) is 0 Å². The SMILES string of the molecule is CCOC(=O)NC1(C(=O)O)CS[C@@H]2C(N(C(C)=O)c3cccs3)C(=O)N2C1. The molecule has 0 radical (unpaired) electrons. The van der Waals surface area contributed by atoms with Gasteiger partial charge in [0.15, 0.2) is 5.54 Å². The van der Waals surface area contributed by atoms with Gasteiger partial charge >= 0.3 is 12.1 Å². The Morgan fingerprint density at radius 2 is 2.22 bits per heavy atom. The third-order valence-corrected chi connectivity index (χ3v) is 6.82. The van der Waals surface area contributed by atoms with Gasteiger partial charge in [0.1, 0.15) is 11.4 Å². The maximum absolute atomic E-state index is 12.7. The summed E-state index contributed by atoms with van der Waals surface area (Å²) >= 11 is 2.58. The molecule has 3 rings (SSSR count). The lowest BCUT2D eigenvalue weighted by Gasteiger charge is -2.55. The Balaban J connectivity index is 1.79. The predicted molar refractivity (Wildman–Crippen MR) is 99.8 cm³/mol. The van der Waals surface area contributed by atoms with E-state index in [2.05, 4.69) is 5.32 Å². The van der Waals surface area contributed by atoms with E-state index in [9.17, 15) is 24.3 Å². The summed E-state index contributed by atoms with van der Waals surface area (Å²) in [6.07, 6.45) is -0.840. The predicted octanol–water partition coefficient (Wildman–Crippen LogP) is 0.954. The number of alkyl carbamates (subject to hydrolysis) is 1. The minimum absolute atomic E-state index is 0.0578. The largest absolute Gasteiger partial charge is 0.479 e. The van der Waals surface area contributed by atoms with Gasteiger partial charge in [-0.2, -0.15) is 0 Å². The molecule has 11 heteroatoms. The monoisotopic (exact) mass is 413 g/mol. The molecular formula is C16H19N3O6S2. The van der Waals surface area contributed by atoms with Crippen molar-refractivity contribution in [2.24, 2.45) is 0 Å². The van der Waals surface area contributed by atoms with Crippen LogP contribution in [-0.4, -0.2) is 69.7 Å². The van der Waals surface area contributed by atoms with Gasteiger partial charge in [0, 0.05) is 12.7 Å². The van der Waals surface area contributed by atoms with Gasteiger partial charge in [-0.3, -0.25) is 14.5 Å². The lowest BCUT2D eigenvalue weighted by molar-refractivity contribution is -0.153. The molecule has 0 spiro atoms. The molecule has 0 saturated carbocycles. The average molecular weight is 413 g/mol. The standard InChI is InChI=1S/C16H19N3O6S2/c1-3-25-15(24)17-16(14(22)23)7-18-12(21)11(13(18)27-8-16)19(9(2)20)10-5-4-6-26-10/h4-6,11,13H,3,7-8H2,1-2H3,(H,17,24)(H,22,23)/t11?,13-,16?/m1/s1. The van der Waals surface area contributed by atoms with Gasteiger partial charge < -0.3 is 20.1 Å². The van der Waals surface area contributed by atoms with Gasteiger partial charge in [0.25, 0.3) is 0 Å². The van der Waals surface area contributed by atoms with Crippen molar-refractivity contribution in [2.75, 3.05) is 23.8 Å². The maximum atomic E-state index is 12.7. The third-order valence-electron chi connectivity index (χ3n) is 4.44. The first-order valence-electron chi connectivity index (χ1n) is 8.24. The first-order chi connectivity index (χ1) is 12.8. The maximum Gasteiger partial charge on any atom is 0.408 e. The lowest BCUT2D eigenvalue weighted by atomic mass is 9.95. The van der Waals surface area contributed by atoms with E-state index in [4.69, 9.17) is 4.74 Å². The van der Waals surface area contributed by atoms with Gasteiger partial charge in [0.2, 0.25) is 11.8 Å². The second-order valence-electron chi connectivity index (χ2n) is 6.19. The second kappa shape index (κ2) is 7.39. The van der Waals surface area contributed by atoms with Gasteiger partial charge in [-0.25, -0.2) is 9.59 Å². The molecule has 2 fully saturated rings. The van der Waals surface area contributed by atoms with Crippen molar-refractivity contribution in [1.82, 2.24) is 10.2 Å². The molecule has 2 N–H and O–H groups in total. The molecule has 3 amide bonds. The number of thiophene rings is 1. The Bertz CT molecular complexity index is 770. The van der Waals surface area contributed by atoms with Crippen LogP contribution >= 0.6 is 23.1 Å². The summed E-state index contributed by atoms with van der Waals surface area (Å²) in [6.45, 7) is 2.94. The van der Waals surface area contributed by atoms with E-state index in [-0.39, 0.29) is 36.1 Å². The van der Waals surface area contributed by atoms with E-state index < -0.39 is 23.6 Å². The summed E-state index contributed by atoms with van der Waals surface area (Å²) in [6, 6.07) is 2.88. The summed E-state index contributed by atoms with van der Waals surface area (Å²) in [5, 5.41) is 14.2. The molecule has 2 aliphatic rings. The van der Waals surface area contributed by atoms with Crippen molar-refractivity contribution in [3.05, 3.63) is 17.5 Å². The smallest absolute Gasteiger partial charge is 0.408 e. The minimum Gasteiger partial charge on any atom is -0.479 e. The number of thioether (sulfide) groups is 1. The Kier molecular flexibility index (Phi) is 5.33.